The Balaban J connectivity index is 2.27. The molecule has 0 N–H and O–H groups in total. The van der Waals surface area contributed by atoms with E-state index in [1.165, 1.54) is 11.8 Å². The number of fused-ring (bicyclic) bond motifs is 1. The molecule has 0 aliphatic carbocycles. The quantitative estimate of drug-likeness (QED) is 0.619. The molecule has 2 aromatic rings. The van der Waals surface area contributed by atoms with E-state index in [0.29, 0.717) is 6.42 Å². The van der Waals surface area contributed by atoms with Crippen molar-refractivity contribution in [3.8, 4) is 0 Å². The zero-order chi connectivity index (χ0) is 11.5. The Morgan fingerprint density at radius 1 is 1.56 bits per heavy atom. The van der Waals surface area contributed by atoms with E-state index in [1.807, 2.05) is 25.3 Å². The first-order chi connectivity index (χ1) is 7.72. The van der Waals surface area contributed by atoms with Gasteiger partial charge in [-0.2, -0.15) is 0 Å². The van der Waals surface area contributed by atoms with Gasteiger partial charge in [-0.15, -0.1) is 11.3 Å². The first kappa shape index (κ1) is 11.5. The molecule has 1 atom stereocenters. The topological polar surface area (TPSA) is 42.9 Å². The Hall–Kier alpha value is -0.940. The van der Waals surface area contributed by atoms with Crippen LogP contribution < -0.4 is 0 Å². The molecule has 0 saturated heterocycles. The molecule has 0 aromatic carbocycles. The summed E-state index contributed by atoms with van der Waals surface area (Å²) >= 11 is 3.14. The van der Waals surface area contributed by atoms with Crippen LogP contribution in [0.2, 0.25) is 0 Å². The van der Waals surface area contributed by atoms with Crippen molar-refractivity contribution in [2.75, 3.05) is 0 Å². The minimum absolute atomic E-state index is 0.0369. The van der Waals surface area contributed by atoms with Gasteiger partial charge in [0.1, 0.15) is 17.1 Å². The molecule has 0 radical (unpaired) electrons. The van der Waals surface area contributed by atoms with Crippen LogP contribution in [0.25, 0.3) is 10.2 Å². The summed E-state index contributed by atoms with van der Waals surface area (Å²) in [5.74, 6) is 0.258. The second-order valence-electron chi connectivity index (χ2n) is 3.39. The predicted molar refractivity (Wildman–Crippen MR) is 68.0 cm³/mol. The Kier molecular flexibility index (Phi) is 3.56. The lowest BCUT2D eigenvalue weighted by Crippen LogP contribution is -2.11. The molecule has 3 nitrogen and oxygen atoms in total. The number of hydrogen-bond donors (Lipinski definition) is 0. The number of thiophene rings is 1. The van der Waals surface area contributed by atoms with E-state index >= 15 is 0 Å². The highest BCUT2D eigenvalue weighted by Gasteiger charge is 2.15. The van der Waals surface area contributed by atoms with E-state index in [2.05, 4.69) is 9.97 Å². The first-order valence-corrected chi connectivity index (χ1v) is 6.86. The minimum Gasteiger partial charge on any atom is -0.298 e. The molecular formula is C11H12N2OS2. The molecule has 2 rings (SSSR count). The van der Waals surface area contributed by atoms with Gasteiger partial charge in [-0.1, -0.05) is 18.7 Å². The van der Waals surface area contributed by atoms with Crippen molar-refractivity contribution < 1.29 is 4.79 Å². The van der Waals surface area contributed by atoms with Crippen LogP contribution in [0.3, 0.4) is 0 Å². The predicted octanol–water partition coefficient (Wildman–Crippen LogP) is 3.15. The number of ketones is 1. The lowest BCUT2D eigenvalue weighted by molar-refractivity contribution is -0.117. The fourth-order valence-corrected chi connectivity index (χ4v) is 3.34. The smallest absolute Gasteiger partial charge is 0.145 e. The maximum Gasteiger partial charge on any atom is 0.145 e. The number of carbonyl (C=O) groups excluding carboxylic acids is 1. The molecule has 5 heteroatoms. The fourth-order valence-electron chi connectivity index (χ4n) is 1.37. The van der Waals surface area contributed by atoms with Crippen molar-refractivity contribution >= 4 is 39.1 Å². The molecule has 0 amide bonds. The van der Waals surface area contributed by atoms with Crippen molar-refractivity contribution in [1.82, 2.24) is 9.97 Å². The van der Waals surface area contributed by atoms with Crippen LogP contribution >= 0.6 is 23.1 Å². The van der Waals surface area contributed by atoms with Gasteiger partial charge in [0.25, 0.3) is 0 Å². The van der Waals surface area contributed by atoms with Gasteiger partial charge in [0.2, 0.25) is 0 Å². The van der Waals surface area contributed by atoms with Crippen molar-refractivity contribution in [2.24, 2.45) is 0 Å². The molecule has 16 heavy (non-hydrogen) atoms. The Morgan fingerprint density at radius 2 is 2.38 bits per heavy atom. The highest BCUT2D eigenvalue weighted by atomic mass is 32.2. The number of nitrogens with zero attached hydrogens (tertiary/aromatic N) is 2. The Labute approximate surface area is 102 Å². The Bertz CT molecular complexity index is 509. The number of Topliss-reactive ketones (excluding diaryl/α,β-unsaturated/α-hetero) is 1. The SMILES string of the molecule is CCC(=O)[C@H](C)Sc1ncnc2ccsc12. The van der Waals surface area contributed by atoms with Gasteiger partial charge in [0.15, 0.2) is 0 Å². The molecule has 0 spiro atoms. The van der Waals surface area contributed by atoms with Gasteiger partial charge in [-0.3, -0.25) is 4.79 Å². The van der Waals surface area contributed by atoms with Gasteiger partial charge >= 0.3 is 0 Å². The number of carbonyl (C=O) groups is 1. The normalized spacial score (nSPS) is 12.9. The van der Waals surface area contributed by atoms with Crippen molar-refractivity contribution in [3.05, 3.63) is 17.8 Å². The number of hydrogen-bond acceptors (Lipinski definition) is 5. The molecule has 0 bridgehead atoms. The number of rotatable bonds is 4. The molecule has 2 heterocycles. The van der Waals surface area contributed by atoms with Crippen LogP contribution in [-0.4, -0.2) is 21.0 Å². The summed E-state index contributed by atoms with van der Waals surface area (Å²) in [6.45, 7) is 3.82. The molecule has 0 fully saturated rings. The first-order valence-electron chi connectivity index (χ1n) is 5.10. The largest absolute Gasteiger partial charge is 0.298 e. The van der Waals surface area contributed by atoms with Crippen LogP contribution in [-0.2, 0) is 4.79 Å². The van der Waals surface area contributed by atoms with Crippen LogP contribution in [0.4, 0.5) is 0 Å². The van der Waals surface area contributed by atoms with Crippen molar-refractivity contribution in [1.29, 1.82) is 0 Å². The standard InChI is InChI=1S/C11H12N2OS2/c1-3-9(14)7(2)16-11-10-8(4-5-15-10)12-6-13-11/h4-7H,3H2,1-2H3/t7-/m0/s1. The van der Waals surface area contributed by atoms with E-state index in [1.54, 1.807) is 17.7 Å². The van der Waals surface area contributed by atoms with E-state index < -0.39 is 0 Å². The summed E-state index contributed by atoms with van der Waals surface area (Å²) in [5, 5.41) is 2.87. The van der Waals surface area contributed by atoms with Crippen LogP contribution in [0.5, 0.6) is 0 Å². The second kappa shape index (κ2) is 4.93. The molecule has 2 aromatic heterocycles. The molecule has 0 aliphatic heterocycles. The van der Waals surface area contributed by atoms with Crippen LogP contribution in [0.15, 0.2) is 22.8 Å². The summed E-state index contributed by atoms with van der Waals surface area (Å²) < 4.78 is 1.07. The van der Waals surface area contributed by atoms with E-state index in [9.17, 15) is 4.79 Å². The average molecular weight is 252 g/mol. The molecule has 0 unspecified atom stereocenters. The average Bonchev–Trinajstić information content (AvgIpc) is 2.77. The third-order valence-corrected chi connectivity index (χ3v) is 4.49. The van der Waals surface area contributed by atoms with Crippen molar-refractivity contribution in [3.63, 3.8) is 0 Å². The third kappa shape index (κ3) is 2.25. The molecule has 0 aliphatic rings. The maximum atomic E-state index is 11.5. The molecule has 0 saturated carbocycles. The highest BCUT2D eigenvalue weighted by Crippen LogP contribution is 2.31. The number of thioether (sulfide) groups is 1. The van der Waals surface area contributed by atoms with Crippen LogP contribution in [0.1, 0.15) is 20.3 Å². The third-order valence-electron chi connectivity index (χ3n) is 2.30. The van der Waals surface area contributed by atoms with E-state index in [-0.39, 0.29) is 11.0 Å². The zero-order valence-electron chi connectivity index (χ0n) is 9.14. The minimum atomic E-state index is -0.0369. The lowest BCUT2D eigenvalue weighted by Gasteiger charge is -2.08. The second-order valence-corrected chi connectivity index (χ2v) is 5.64. The summed E-state index contributed by atoms with van der Waals surface area (Å²) in [6, 6.07) is 1.97. The van der Waals surface area contributed by atoms with E-state index in [4.69, 9.17) is 0 Å². The van der Waals surface area contributed by atoms with Crippen LogP contribution in [0, 0.1) is 0 Å². The van der Waals surface area contributed by atoms with Crippen molar-refractivity contribution in [2.45, 2.75) is 30.5 Å². The van der Waals surface area contributed by atoms with Gasteiger partial charge in [-0.05, 0) is 18.4 Å². The van der Waals surface area contributed by atoms with Gasteiger partial charge in [0.05, 0.1) is 15.5 Å². The molecular weight excluding hydrogens is 240 g/mol. The maximum absolute atomic E-state index is 11.5. The zero-order valence-corrected chi connectivity index (χ0v) is 10.8. The summed E-state index contributed by atoms with van der Waals surface area (Å²) in [7, 11) is 0. The fraction of sp³-hybridized carbons (Fsp3) is 0.364. The summed E-state index contributed by atoms with van der Waals surface area (Å²) in [6.07, 6.45) is 2.13. The van der Waals surface area contributed by atoms with E-state index in [0.717, 1.165) is 15.2 Å². The summed E-state index contributed by atoms with van der Waals surface area (Å²) in [5.41, 5.74) is 0.957. The van der Waals surface area contributed by atoms with Gasteiger partial charge in [-0.25, -0.2) is 9.97 Å². The lowest BCUT2D eigenvalue weighted by atomic mass is 10.2. The monoisotopic (exact) mass is 252 g/mol. The summed E-state index contributed by atoms with van der Waals surface area (Å²) in [4.78, 5) is 20.0. The highest BCUT2D eigenvalue weighted by molar-refractivity contribution is 8.00. The van der Waals surface area contributed by atoms with Gasteiger partial charge < -0.3 is 0 Å². The molecule has 84 valence electrons. The van der Waals surface area contributed by atoms with Gasteiger partial charge in [0, 0.05) is 6.42 Å². The Morgan fingerprint density at radius 3 is 3.12 bits per heavy atom. The number of aromatic nitrogens is 2.